The molecule has 0 spiro atoms. The molecule has 0 aliphatic rings. The van der Waals surface area contributed by atoms with Crippen LogP contribution in [-0.2, 0) is 0 Å². The van der Waals surface area contributed by atoms with E-state index in [4.69, 9.17) is 5.73 Å². The third-order valence-electron chi connectivity index (χ3n) is 2.06. The number of benzene rings is 1. The first-order valence-electron chi connectivity index (χ1n) is 4.95. The first-order valence-corrected chi connectivity index (χ1v) is 5.40. The summed E-state index contributed by atoms with van der Waals surface area (Å²) in [6.45, 7) is 3.52. The van der Waals surface area contributed by atoms with Crippen molar-refractivity contribution in [3.8, 4) is 0 Å². The molecule has 0 unspecified atom stereocenters. The molecule has 1 aromatic carbocycles. The molecule has 0 heterocycles. The SMILES string of the molecule is C/C(S)=C/C(C(=O)c1ccccc1)=C(\C)N. The van der Waals surface area contributed by atoms with E-state index < -0.39 is 0 Å². The van der Waals surface area contributed by atoms with Gasteiger partial charge in [0.2, 0.25) is 0 Å². The summed E-state index contributed by atoms with van der Waals surface area (Å²) >= 11 is 4.16. The summed E-state index contributed by atoms with van der Waals surface area (Å²) in [6, 6.07) is 9.07. The van der Waals surface area contributed by atoms with Gasteiger partial charge >= 0.3 is 0 Å². The van der Waals surface area contributed by atoms with E-state index in [1.165, 1.54) is 0 Å². The van der Waals surface area contributed by atoms with E-state index in [1.54, 1.807) is 25.1 Å². The van der Waals surface area contributed by atoms with Crippen LogP contribution in [0.1, 0.15) is 24.2 Å². The fourth-order valence-corrected chi connectivity index (χ4v) is 1.44. The van der Waals surface area contributed by atoms with Crippen LogP contribution in [0.15, 0.2) is 52.6 Å². The Kier molecular flexibility index (Phi) is 4.38. The van der Waals surface area contributed by atoms with Crippen molar-refractivity contribution < 1.29 is 4.79 Å². The molecule has 2 N–H and O–H groups in total. The van der Waals surface area contributed by atoms with Gasteiger partial charge < -0.3 is 5.73 Å². The van der Waals surface area contributed by atoms with Crippen LogP contribution in [0.2, 0.25) is 0 Å². The molecular formula is C13H15NOS. The van der Waals surface area contributed by atoms with E-state index >= 15 is 0 Å². The minimum Gasteiger partial charge on any atom is -0.402 e. The van der Waals surface area contributed by atoms with Crippen LogP contribution in [0, 0.1) is 0 Å². The van der Waals surface area contributed by atoms with Crippen LogP contribution < -0.4 is 5.73 Å². The highest BCUT2D eigenvalue weighted by molar-refractivity contribution is 7.84. The number of rotatable bonds is 3. The first-order chi connectivity index (χ1) is 7.52. The summed E-state index contributed by atoms with van der Waals surface area (Å²) < 4.78 is 0. The molecule has 0 aromatic heterocycles. The maximum absolute atomic E-state index is 12.1. The highest BCUT2D eigenvalue weighted by Gasteiger charge is 2.11. The van der Waals surface area contributed by atoms with Crippen molar-refractivity contribution in [3.63, 3.8) is 0 Å². The zero-order valence-electron chi connectivity index (χ0n) is 9.40. The van der Waals surface area contributed by atoms with Crippen LogP contribution >= 0.6 is 12.6 Å². The standard InChI is InChI=1S/C13H15NOS/c1-9(16)8-12(10(2)14)13(15)11-6-4-3-5-7-11/h3-8,16H,14H2,1-2H3/b9-8-,12-10-. The zero-order valence-corrected chi connectivity index (χ0v) is 10.3. The van der Waals surface area contributed by atoms with Crippen molar-refractivity contribution in [2.24, 2.45) is 5.73 Å². The van der Waals surface area contributed by atoms with Crippen molar-refractivity contribution >= 4 is 18.4 Å². The quantitative estimate of drug-likeness (QED) is 0.365. The molecule has 0 radical (unpaired) electrons. The van der Waals surface area contributed by atoms with Crippen molar-refractivity contribution in [1.82, 2.24) is 0 Å². The van der Waals surface area contributed by atoms with Gasteiger partial charge in [0.15, 0.2) is 5.78 Å². The maximum atomic E-state index is 12.1. The predicted molar refractivity (Wildman–Crippen MR) is 70.4 cm³/mol. The molecule has 0 atom stereocenters. The van der Waals surface area contributed by atoms with Crippen LogP contribution in [-0.4, -0.2) is 5.78 Å². The fourth-order valence-electron chi connectivity index (χ4n) is 1.31. The molecule has 0 aliphatic carbocycles. The van der Waals surface area contributed by atoms with E-state index in [9.17, 15) is 4.79 Å². The minimum atomic E-state index is -0.0750. The monoisotopic (exact) mass is 233 g/mol. The lowest BCUT2D eigenvalue weighted by atomic mass is 10.0. The second kappa shape index (κ2) is 5.56. The molecule has 3 heteroatoms. The maximum Gasteiger partial charge on any atom is 0.194 e. The molecule has 2 nitrogen and oxygen atoms in total. The van der Waals surface area contributed by atoms with Crippen LogP contribution in [0.25, 0.3) is 0 Å². The van der Waals surface area contributed by atoms with Crippen LogP contribution in [0.3, 0.4) is 0 Å². The number of Topliss-reactive ketones (excluding diaryl/α,β-unsaturated/α-hetero) is 1. The van der Waals surface area contributed by atoms with E-state index in [0.717, 1.165) is 4.91 Å². The number of thiol groups is 1. The normalized spacial score (nSPS) is 13.3. The smallest absolute Gasteiger partial charge is 0.194 e. The average molecular weight is 233 g/mol. The molecule has 0 aliphatic heterocycles. The van der Waals surface area contributed by atoms with Crippen molar-refractivity contribution in [2.75, 3.05) is 0 Å². The number of allylic oxidation sites excluding steroid dienone is 4. The van der Waals surface area contributed by atoms with E-state index in [0.29, 0.717) is 16.8 Å². The highest BCUT2D eigenvalue weighted by atomic mass is 32.1. The van der Waals surface area contributed by atoms with Gasteiger partial charge in [0.1, 0.15) is 0 Å². The topological polar surface area (TPSA) is 43.1 Å². The lowest BCUT2D eigenvalue weighted by Crippen LogP contribution is -2.08. The van der Waals surface area contributed by atoms with Crippen molar-refractivity contribution in [1.29, 1.82) is 0 Å². The molecule has 16 heavy (non-hydrogen) atoms. The van der Waals surface area contributed by atoms with E-state index in [-0.39, 0.29) is 5.78 Å². The van der Waals surface area contributed by atoms with Gasteiger partial charge in [-0.05, 0) is 24.8 Å². The molecule has 84 valence electrons. The van der Waals surface area contributed by atoms with Gasteiger partial charge in [0, 0.05) is 16.8 Å². The van der Waals surface area contributed by atoms with Crippen molar-refractivity contribution in [2.45, 2.75) is 13.8 Å². The lowest BCUT2D eigenvalue weighted by molar-refractivity contribution is 0.103. The van der Waals surface area contributed by atoms with Gasteiger partial charge in [-0.15, -0.1) is 12.6 Å². The summed E-state index contributed by atoms with van der Waals surface area (Å²) in [5.74, 6) is -0.0750. The Bertz CT molecular complexity index is 438. The van der Waals surface area contributed by atoms with Gasteiger partial charge in [0.05, 0.1) is 0 Å². The third-order valence-corrected chi connectivity index (χ3v) is 2.19. The van der Waals surface area contributed by atoms with Gasteiger partial charge in [-0.1, -0.05) is 30.3 Å². The highest BCUT2D eigenvalue weighted by Crippen LogP contribution is 2.14. The Morgan fingerprint density at radius 1 is 1.25 bits per heavy atom. The molecule has 0 saturated heterocycles. The molecule has 1 aromatic rings. The van der Waals surface area contributed by atoms with Crippen LogP contribution in [0.4, 0.5) is 0 Å². The second-order valence-corrected chi connectivity index (χ2v) is 4.28. The van der Waals surface area contributed by atoms with Gasteiger partial charge in [-0.25, -0.2) is 0 Å². The number of hydrogen-bond donors (Lipinski definition) is 2. The Morgan fingerprint density at radius 2 is 1.81 bits per heavy atom. The zero-order chi connectivity index (χ0) is 12.1. The summed E-state index contributed by atoms with van der Waals surface area (Å²) in [6.07, 6.45) is 1.69. The largest absolute Gasteiger partial charge is 0.402 e. The van der Waals surface area contributed by atoms with Crippen molar-refractivity contribution in [3.05, 3.63) is 58.1 Å². The number of ketones is 1. The Balaban J connectivity index is 3.14. The number of nitrogens with two attached hydrogens (primary N) is 1. The van der Waals surface area contributed by atoms with E-state index in [2.05, 4.69) is 12.6 Å². The summed E-state index contributed by atoms with van der Waals surface area (Å²) in [7, 11) is 0. The lowest BCUT2D eigenvalue weighted by Gasteiger charge is -2.05. The number of hydrogen-bond acceptors (Lipinski definition) is 3. The molecular weight excluding hydrogens is 218 g/mol. The molecule has 0 fully saturated rings. The number of carbonyl (C=O) groups is 1. The van der Waals surface area contributed by atoms with Gasteiger partial charge in [-0.2, -0.15) is 0 Å². The fraction of sp³-hybridized carbons (Fsp3) is 0.154. The van der Waals surface area contributed by atoms with E-state index in [1.807, 2.05) is 25.1 Å². The second-order valence-electron chi connectivity index (χ2n) is 3.58. The average Bonchev–Trinajstić information content (AvgIpc) is 2.25. The predicted octanol–water partition coefficient (Wildman–Crippen LogP) is 2.94. The van der Waals surface area contributed by atoms with Crippen LogP contribution in [0.5, 0.6) is 0 Å². The first kappa shape index (κ1) is 12.6. The summed E-state index contributed by atoms with van der Waals surface area (Å²) in [5.41, 5.74) is 7.34. The number of carbonyl (C=O) groups excluding carboxylic acids is 1. The third kappa shape index (κ3) is 3.28. The Morgan fingerprint density at radius 3 is 2.25 bits per heavy atom. The Labute approximate surface area is 101 Å². The minimum absolute atomic E-state index is 0.0750. The molecule has 0 saturated carbocycles. The molecule has 1 rings (SSSR count). The summed E-state index contributed by atoms with van der Waals surface area (Å²) in [4.78, 5) is 12.9. The van der Waals surface area contributed by atoms with Gasteiger partial charge in [0.25, 0.3) is 0 Å². The molecule has 0 bridgehead atoms. The Hall–Kier alpha value is -1.48. The summed E-state index contributed by atoms with van der Waals surface area (Å²) in [5, 5.41) is 0. The molecule has 0 amide bonds. The van der Waals surface area contributed by atoms with Gasteiger partial charge in [-0.3, -0.25) is 4.79 Å².